The van der Waals surface area contributed by atoms with Crippen molar-refractivity contribution in [3.05, 3.63) is 65.4 Å². The molecule has 0 bridgehead atoms. The van der Waals surface area contributed by atoms with Gasteiger partial charge < -0.3 is 14.5 Å². The zero-order valence-electron chi connectivity index (χ0n) is 18.2. The van der Waals surface area contributed by atoms with Crippen molar-refractivity contribution < 1.29 is 32.0 Å². The highest BCUT2D eigenvalue weighted by molar-refractivity contribution is 7.90. The zero-order valence-corrected chi connectivity index (χ0v) is 19.1. The highest BCUT2D eigenvalue weighted by Gasteiger charge is 2.49. The molecule has 172 valence electrons. The number of imide groups is 1. The summed E-state index contributed by atoms with van der Waals surface area (Å²) in [4.78, 5) is 39.8. The number of para-hydroxylation sites is 1. The molecule has 33 heavy (non-hydrogen) atoms. The number of esters is 1. The quantitative estimate of drug-likeness (QED) is 0.434. The van der Waals surface area contributed by atoms with Gasteiger partial charge >= 0.3 is 12.0 Å². The maximum atomic E-state index is 13.4. The smallest absolute Gasteiger partial charge is 0.374 e. The van der Waals surface area contributed by atoms with Crippen molar-refractivity contribution in [2.45, 2.75) is 30.8 Å². The van der Waals surface area contributed by atoms with Crippen molar-refractivity contribution in [3.63, 3.8) is 0 Å². The summed E-state index contributed by atoms with van der Waals surface area (Å²) in [5.74, 6) is -1.29. The fraction of sp³-hybridized carbons (Fsp3) is 0.261. The van der Waals surface area contributed by atoms with Crippen LogP contribution in [0.2, 0.25) is 0 Å². The lowest BCUT2D eigenvalue weighted by Gasteiger charge is -2.22. The van der Waals surface area contributed by atoms with Crippen molar-refractivity contribution in [1.82, 2.24) is 10.2 Å². The molecule has 1 aliphatic rings. The largest absolute Gasteiger partial charge is 0.460 e. The van der Waals surface area contributed by atoms with E-state index in [0.717, 1.165) is 11.2 Å². The number of sulfone groups is 1. The maximum Gasteiger partial charge on any atom is 0.374 e. The highest BCUT2D eigenvalue weighted by atomic mass is 32.2. The van der Waals surface area contributed by atoms with Crippen molar-refractivity contribution in [2.75, 3.05) is 12.9 Å². The van der Waals surface area contributed by atoms with Gasteiger partial charge in [-0.25, -0.2) is 18.0 Å². The second-order valence-electron chi connectivity index (χ2n) is 7.87. The predicted octanol–water partition coefficient (Wildman–Crippen LogP) is 2.98. The molecule has 1 unspecified atom stereocenters. The van der Waals surface area contributed by atoms with Crippen LogP contribution < -0.4 is 5.32 Å². The summed E-state index contributed by atoms with van der Waals surface area (Å²) in [7, 11) is -3.41. The first-order valence-electron chi connectivity index (χ1n) is 10.2. The fourth-order valence-electron chi connectivity index (χ4n) is 3.85. The molecule has 1 aliphatic heterocycles. The molecule has 0 saturated carbocycles. The number of hydrogen-bond acceptors (Lipinski definition) is 7. The van der Waals surface area contributed by atoms with Gasteiger partial charge in [-0.15, -0.1) is 0 Å². The van der Waals surface area contributed by atoms with Crippen LogP contribution in [0.4, 0.5) is 4.79 Å². The number of rotatable bonds is 6. The van der Waals surface area contributed by atoms with Gasteiger partial charge in [0.2, 0.25) is 5.76 Å². The molecule has 4 rings (SSSR count). The van der Waals surface area contributed by atoms with Gasteiger partial charge in [0.25, 0.3) is 5.91 Å². The monoisotopic (exact) mass is 470 g/mol. The van der Waals surface area contributed by atoms with E-state index in [-0.39, 0.29) is 23.8 Å². The lowest BCUT2D eigenvalue weighted by Crippen LogP contribution is -2.40. The van der Waals surface area contributed by atoms with Gasteiger partial charge in [0.15, 0.2) is 9.84 Å². The minimum absolute atomic E-state index is 0.0650. The summed E-state index contributed by atoms with van der Waals surface area (Å²) in [6.45, 7) is 3.15. The molecule has 2 aromatic carbocycles. The number of ether oxygens (including phenoxy) is 1. The Kier molecular flexibility index (Phi) is 5.49. The van der Waals surface area contributed by atoms with Crippen molar-refractivity contribution in [2.24, 2.45) is 0 Å². The van der Waals surface area contributed by atoms with E-state index in [1.54, 1.807) is 38.1 Å². The molecule has 0 aliphatic carbocycles. The average molecular weight is 471 g/mol. The van der Waals surface area contributed by atoms with Crippen LogP contribution in [0, 0.1) is 0 Å². The van der Waals surface area contributed by atoms with Crippen LogP contribution in [0.5, 0.6) is 0 Å². The number of nitrogens with one attached hydrogen (secondary N) is 1. The summed E-state index contributed by atoms with van der Waals surface area (Å²) in [5, 5.41) is 3.27. The van der Waals surface area contributed by atoms with Gasteiger partial charge in [-0.05, 0) is 37.6 Å². The number of nitrogens with zero attached hydrogens (tertiary/aromatic N) is 1. The molecular formula is C23H22N2O7S. The molecule has 9 nitrogen and oxygen atoms in total. The van der Waals surface area contributed by atoms with E-state index in [1.165, 1.54) is 24.3 Å². The lowest BCUT2D eigenvalue weighted by molar-refractivity contribution is -0.131. The number of furan rings is 1. The Hall–Kier alpha value is -3.66. The van der Waals surface area contributed by atoms with E-state index < -0.39 is 33.3 Å². The fourth-order valence-corrected chi connectivity index (χ4v) is 4.48. The van der Waals surface area contributed by atoms with E-state index in [0.29, 0.717) is 22.1 Å². The number of fused-ring (bicyclic) bond motifs is 1. The van der Waals surface area contributed by atoms with Gasteiger partial charge in [-0.1, -0.05) is 30.3 Å². The van der Waals surface area contributed by atoms with Gasteiger partial charge in [0.05, 0.1) is 18.0 Å². The molecule has 1 aromatic heterocycles. The molecule has 1 saturated heterocycles. The van der Waals surface area contributed by atoms with Gasteiger partial charge in [0.1, 0.15) is 11.1 Å². The Bertz CT molecular complexity index is 1380. The summed E-state index contributed by atoms with van der Waals surface area (Å²) in [6, 6.07) is 12.0. The number of carbonyl (C=O) groups excluding carboxylic acids is 3. The van der Waals surface area contributed by atoms with Crippen molar-refractivity contribution in [1.29, 1.82) is 0 Å². The summed E-state index contributed by atoms with van der Waals surface area (Å²) in [5.41, 5.74) is -0.180. The Balaban J connectivity index is 1.70. The molecular weight excluding hydrogens is 448 g/mol. The van der Waals surface area contributed by atoms with E-state index >= 15 is 0 Å². The van der Waals surface area contributed by atoms with E-state index in [4.69, 9.17) is 9.15 Å². The Labute approximate surface area is 190 Å². The number of hydrogen-bond donors (Lipinski definition) is 1. The molecule has 10 heteroatoms. The summed E-state index contributed by atoms with van der Waals surface area (Å²) >= 11 is 0. The third kappa shape index (κ3) is 3.86. The van der Waals surface area contributed by atoms with Crippen LogP contribution in [0.1, 0.15) is 35.5 Å². The molecule has 1 fully saturated rings. The highest BCUT2D eigenvalue weighted by Crippen LogP contribution is 2.33. The molecule has 1 N–H and O–H groups in total. The van der Waals surface area contributed by atoms with E-state index in [2.05, 4.69) is 5.32 Å². The third-order valence-corrected chi connectivity index (χ3v) is 6.74. The standard InChI is InChI=1S/C23H22N2O7S/c1-4-31-20(26)19-17(16-7-5-6-8-18(16)32-19)13-25-21(27)23(2,24-22(25)28)14-9-11-15(12-10-14)33(3,29)30/h5-12H,4,13H2,1-3H3,(H,24,28). The molecule has 2 heterocycles. The number of amides is 3. The Morgan fingerprint density at radius 1 is 1.12 bits per heavy atom. The SMILES string of the molecule is CCOC(=O)c1oc2ccccc2c1CN1C(=O)NC(C)(c2ccc(S(C)(=O)=O)cc2)C1=O. The second kappa shape index (κ2) is 8.04. The van der Waals surface area contributed by atoms with Gasteiger partial charge in [0, 0.05) is 17.2 Å². The summed E-state index contributed by atoms with van der Waals surface area (Å²) in [6.07, 6.45) is 1.09. The number of urea groups is 1. The number of carbonyl (C=O) groups is 3. The van der Waals surface area contributed by atoms with Crippen LogP contribution in [-0.4, -0.2) is 44.1 Å². The number of benzene rings is 2. The maximum absolute atomic E-state index is 13.4. The Morgan fingerprint density at radius 3 is 2.42 bits per heavy atom. The first-order chi connectivity index (χ1) is 15.6. The van der Waals surface area contributed by atoms with Crippen molar-refractivity contribution in [3.8, 4) is 0 Å². The lowest BCUT2D eigenvalue weighted by atomic mass is 9.92. The molecule has 1 atom stereocenters. The molecule has 0 spiro atoms. The molecule has 0 radical (unpaired) electrons. The second-order valence-corrected chi connectivity index (χ2v) is 9.89. The first kappa shape index (κ1) is 22.5. The van der Waals surface area contributed by atoms with Crippen LogP contribution in [-0.2, 0) is 31.5 Å². The summed E-state index contributed by atoms with van der Waals surface area (Å²) < 4.78 is 34.2. The molecule has 3 aromatic rings. The van der Waals surface area contributed by atoms with Crippen LogP contribution in [0.15, 0.2) is 57.8 Å². The normalized spacial score (nSPS) is 18.6. The van der Waals surface area contributed by atoms with Crippen LogP contribution in [0.25, 0.3) is 11.0 Å². The van der Waals surface area contributed by atoms with Crippen LogP contribution in [0.3, 0.4) is 0 Å². The Morgan fingerprint density at radius 2 is 1.79 bits per heavy atom. The van der Waals surface area contributed by atoms with Gasteiger partial charge in [-0.3, -0.25) is 9.69 Å². The first-order valence-corrected chi connectivity index (χ1v) is 12.1. The minimum atomic E-state index is -3.41. The third-order valence-electron chi connectivity index (χ3n) is 5.61. The average Bonchev–Trinajstić information content (AvgIpc) is 3.24. The molecule has 3 amide bonds. The predicted molar refractivity (Wildman–Crippen MR) is 118 cm³/mol. The van der Waals surface area contributed by atoms with E-state index in [9.17, 15) is 22.8 Å². The zero-order chi connectivity index (χ0) is 24.0. The minimum Gasteiger partial charge on any atom is -0.460 e. The van der Waals surface area contributed by atoms with E-state index in [1.807, 2.05) is 0 Å². The van der Waals surface area contributed by atoms with Crippen molar-refractivity contribution >= 4 is 38.7 Å². The van der Waals surface area contributed by atoms with Gasteiger partial charge in [-0.2, -0.15) is 0 Å². The van der Waals surface area contributed by atoms with Crippen LogP contribution >= 0.6 is 0 Å². The topological polar surface area (TPSA) is 123 Å².